The third kappa shape index (κ3) is 3.88. The van der Waals surface area contributed by atoms with E-state index in [0.717, 1.165) is 0 Å². The fourth-order valence-electron chi connectivity index (χ4n) is 1.81. The lowest BCUT2D eigenvalue weighted by atomic mass is 10.1. The predicted molar refractivity (Wildman–Crippen MR) is 79.6 cm³/mol. The molecule has 0 bridgehead atoms. The van der Waals surface area contributed by atoms with Gasteiger partial charge in [0.15, 0.2) is 11.5 Å². The Kier molecular flexibility index (Phi) is 5.04. The molecule has 0 aliphatic rings. The fraction of sp³-hybridized carbons (Fsp3) is 0.188. The fourth-order valence-corrected chi connectivity index (χ4v) is 1.93. The van der Waals surface area contributed by atoms with Crippen molar-refractivity contribution in [1.29, 1.82) is 5.26 Å². The molecule has 0 aliphatic carbocycles. The van der Waals surface area contributed by atoms with Gasteiger partial charge in [-0.2, -0.15) is 5.26 Å². The van der Waals surface area contributed by atoms with Gasteiger partial charge in [0, 0.05) is 11.1 Å². The first kappa shape index (κ1) is 15.2. The van der Waals surface area contributed by atoms with Crippen LogP contribution in [0.15, 0.2) is 42.5 Å². The molecular weight excluding hydrogens is 290 g/mol. The van der Waals surface area contributed by atoms with Crippen LogP contribution in [0.25, 0.3) is 0 Å². The molecule has 0 aliphatic heterocycles. The van der Waals surface area contributed by atoms with Gasteiger partial charge in [-0.15, -0.1) is 0 Å². The van der Waals surface area contributed by atoms with E-state index in [-0.39, 0.29) is 6.61 Å². The molecule has 0 amide bonds. The second-order valence-corrected chi connectivity index (χ2v) is 4.79. The van der Waals surface area contributed by atoms with Gasteiger partial charge < -0.3 is 14.6 Å². The summed E-state index contributed by atoms with van der Waals surface area (Å²) in [5.74, 6) is 0.932. The molecule has 0 fully saturated rings. The van der Waals surface area contributed by atoms with Crippen LogP contribution in [0.5, 0.6) is 11.5 Å². The van der Waals surface area contributed by atoms with E-state index < -0.39 is 6.10 Å². The Hall–Kier alpha value is -2.22. The van der Waals surface area contributed by atoms with Crippen LogP contribution in [0.2, 0.25) is 5.02 Å². The lowest BCUT2D eigenvalue weighted by Crippen LogP contribution is -2.10. The summed E-state index contributed by atoms with van der Waals surface area (Å²) in [5.41, 5.74) is 1.20. The molecule has 1 N–H and O–H groups in total. The zero-order valence-electron chi connectivity index (χ0n) is 11.4. The van der Waals surface area contributed by atoms with Crippen molar-refractivity contribution < 1.29 is 14.6 Å². The maximum Gasteiger partial charge on any atom is 0.162 e. The van der Waals surface area contributed by atoms with Gasteiger partial charge >= 0.3 is 0 Å². The van der Waals surface area contributed by atoms with E-state index >= 15 is 0 Å². The van der Waals surface area contributed by atoms with Crippen molar-refractivity contribution in [2.75, 3.05) is 13.7 Å². The molecule has 21 heavy (non-hydrogen) atoms. The minimum atomic E-state index is -0.775. The van der Waals surface area contributed by atoms with Gasteiger partial charge in [-0.05, 0) is 29.8 Å². The summed E-state index contributed by atoms with van der Waals surface area (Å²) in [6.07, 6.45) is -0.775. The van der Waals surface area contributed by atoms with Gasteiger partial charge in [-0.1, -0.05) is 23.7 Å². The number of hydrogen-bond acceptors (Lipinski definition) is 4. The Balaban J connectivity index is 2.06. The molecule has 2 rings (SSSR count). The first-order valence-corrected chi connectivity index (χ1v) is 6.66. The van der Waals surface area contributed by atoms with Gasteiger partial charge in [0.1, 0.15) is 12.7 Å². The molecule has 0 heterocycles. The highest BCUT2D eigenvalue weighted by Crippen LogP contribution is 2.29. The summed E-state index contributed by atoms with van der Waals surface area (Å²) in [5, 5.41) is 19.5. The first-order valence-electron chi connectivity index (χ1n) is 6.28. The monoisotopic (exact) mass is 303 g/mol. The number of nitriles is 1. The van der Waals surface area contributed by atoms with Crippen molar-refractivity contribution in [2.24, 2.45) is 0 Å². The SMILES string of the molecule is COc1cc(C#N)ccc1OCC(O)c1ccc(Cl)cc1. The Morgan fingerprint density at radius 2 is 1.90 bits per heavy atom. The quantitative estimate of drug-likeness (QED) is 0.920. The molecule has 0 saturated carbocycles. The topological polar surface area (TPSA) is 62.5 Å². The normalized spacial score (nSPS) is 11.5. The summed E-state index contributed by atoms with van der Waals surface area (Å²) in [6, 6.07) is 13.8. The molecule has 1 unspecified atom stereocenters. The van der Waals surface area contributed by atoms with Gasteiger partial charge in [0.05, 0.1) is 18.7 Å². The molecule has 0 aromatic heterocycles. The number of aliphatic hydroxyl groups excluding tert-OH is 1. The van der Waals surface area contributed by atoms with Gasteiger partial charge in [-0.25, -0.2) is 0 Å². The zero-order valence-corrected chi connectivity index (χ0v) is 12.2. The number of rotatable bonds is 5. The van der Waals surface area contributed by atoms with E-state index in [1.165, 1.54) is 7.11 Å². The number of benzene rings is 2. The smallest absolute Gasteiger partial charge is 0.162 e. The largest absolute Gasteiger partial charge is 0.493 e. The first-order chi connectivity index (χ1) is 10.1. The van der Waals surface area contributed by atoms with Gasteiger partial charge in [0.25, 0.3) is 0 Å². The third-order valence-electron chi connectivity index (χ3n) is 2.94. The number of halogens is 1. The lowest BCUT2D eigenvalue weighted by molar-refractivity contribution is 0.106. The number of methoxy groups -OCH3 is 1. The molecule has 0 radical (unpaired) electrons. The highest BCUT2D eigenvalue weighted by Gasteiger charge is 2.11. The van der Waals surface area contributed by atoms with Crippen molar-refractivity contribution in [2.45, 2.75) is 6.10 Å². The molecule has 4 nitrogen and oxygen atoms in total. The van der Waals surface area contributed by atoms with E-state index in [9.17, 15) is 5.11 Å². The van der Waals surface area contributed by atoms with Crippen LogP contribution in [0.3, 0.4) is 0 Å². The molecule has 108 valence electrons. The molecule has 5 heteroatoms. The van der Waals surface area contributed by atoms with Crippen LogP contribution < -0.4 is 9.47 Å². The van der Waals surface area contributed by atoms with Crippen LogP contribution >= 0.6 is 11.6 Å². The standard InChI is InChI=1S/C16H14ClNO3/c1-20-16-8-11(9-18)2-7-15(16)21-10-14(19)12-3-5-13(17)6-4-12/h2-8,14,19H,10H2,1H3. The van der Waals surface area contributed by atoms with Crippen LogP contribution in [-0.2, 0) is 0 Å². The molecule has 2 aromatic rings. The van der Waals surface area contributed by atoms with Crippen LogP contribution in [0.1, 0.15) is 17.2 Å². The predicted octanol–water partition coefficient (Wildman–Crippen LogP) is 3.33. The van der Waals surface area contributed by atoms with E-state index in [0.29, 0.717) is 27.6 Å². The molecule has 2 aromatic carbocycles. The van der Waals surface area contributed by atoms with E-state index in [4.69, 9.17) is 26.3 Å². The number of ether oxygens (including phenoxy) is 2. The lowest BCUT2D eigenvalue weighted by Gasteiger charge is -2.15. The molecule has 0 saturated heterocycles. The number of nitrogens with zero attached hydrogens (tertiary/aromatic N) is 1. The summed E-state index contributed by atoms with van der Waals surface area (Å²) < 4.78 is 10.7. The second-order valence-electron chi connectivity index (χ2n) is 4.36. The second kappa shape index (κ2) is 6.98. The van der Waals surface area contributed by atoms with E-state index in [1.54, 1.807) is 42.5 Å². The third-order valence-corrected chi connectivity index (χ3v) is 3.20. The average Bonchev–Trinajstić information content (AvgIpc) is 2.53. The maximum atomic E-state index is 10.1. The molecule has 1 atom stereocenters. The number of aliphatic hydroxyl groups is 1. The van der Waals surface area contributed by atoms with Gasteiger partial charge in [-0.3, -0.25) is 0 Å². The number of hydrogen-bond donors (Lipinski definition) is 1. The summed E-state index contributed by atoms with van der Waals surface area (Å²) >= 11 is 5.80. The van der Waals surface area contributed by atoms with Crippen LogP contribution in [0.4, 0.5) is 0 Å². The van der Waals surface area contributed by atoms with E-state index in [1.807, 2.05) is 6.07 Å². The minimum absolute atomic E-state index is 0.0733. The van der Waals surface area contributed by atoms with Crippen molar-refractivity contribution in [3.63, 3.8) is 0 Å². The Morgan fingerprint density at radius 3 is 2.52 bits per heavy atom. The van der Waals surface area contributed by atoms with E-state index in [2.05, 4.69) is 0 Å². The molecular formula is C16H14ClNO3. The van der Waals surface area contributed by atoms with Crippen LogP contribution in [0, 0.1) is 11.3 Å². The zero-order chi connectivity index (χ0) is 15.2. The van der Waals surface area contributed by atoms with Crippen molar-refractivity contribution in [3.05, 3.63) is 58.6 Å². The summed E-state index contributed by atoms with van der Waals surface area (Å²) in [4.78, 5) is 0. The maximum absolute atomic E-state index is 10.1. The Bertz CT molecular complexity index is 650. The van der Waals surface area contributed by atoms with Crippen molar-refractivity contribution in [1.82, 2.24) is 0 Å². The molecule has 0 spiro atoms. The summed E-state index contributed by atoms with van der Waals surface area (Å²) in [6.45, 7) is 0.0733. The average molecular weight is 304 g/mol. The van der Waals surface area contributed by atoms with Crippen molar-refractivity contribution in [3.8, 4) is 17.6 Å². The van der Waals surface area contributed by atoms with Crippen LogP contribution in [-0.4, -0.2) is 18.8 Å². The minimum Gasteiger partial charge on any atom is -0.493 e. The van der Waals surface area contributed by atoms with Gasteiger partial charge in [0.2, 0.25) is 0 Å². The Morgan fingerprint density at radius 1 is 1.19 bits per heavy atom. The highest BCUT2D eigenvalue weighted by molar-refractivity contribution is 6.30. The Labute approximate surface area is 128 Å². The van der Waals surface area contributed by atoms with Crippen molar-refractivity contribution >= 4 is 11.6 Å². The summed E-state index contributed by atoms with van der Waals surface area (Å²) in [7, 11) is 1.50. The highest BCUT2D eigenvalue weighted by atomic mass is 35.5.